The van der Waals surface area contributed by atoms with Crippen molar-refractivity contribution in [3.05, 3.63) is 51.5 Å². The molecule has 0 saturated carbocycles. The maximum Gasteiger partial charge on any atom is 0.164 e. The van der Waals surface area contributed by atoms with Crippen molar-refractivity contribution in [3.63, 3.8) is 0 Å². The molecule has 5 heteroatoms. The van der Waals surface area contributed by atoms with E-state index in [1.165, 1.54) is 3.57 Å². The lowest BCUT2D eigenvalue weighted by Gasteiger charge is -2.10. The Labute approximate surface area is 136 Å². The van der Waals surface area contributed by atoms with E-state index in [1.807, 2.05) is 42.8 Å². The maximum atomic E-state index is 6.30. The molecule has 0 aliphatic rings. The lowest BCUT2D eigenvalue weighted by molar-refractivity contribution is 0.876. The standard InChI is InChI=1S/C15H13ClIN3/c1-9-6-13-15(18-8-9)20(14(19-13)10(2)16)12-5-3-4-11(17)7-12/h3-8,10H,1-2H3. The zero-order valence-electron chi connectivity index (χ0n) is 11.1. The summed E-state index contributed by atoms with van der Waals surface area (Å²) >= 11 is 8.60. The van der Waals surface area contributed by atoms with E-state index in [2.05, 4.69) is 44.7 Å². The van der Waals surface area contributed by atoms with E-state index in [0.717, 1.165) is 28.2 Å². The minimum atomic E-state index is -0.178. The van der Waals surface area contributed by atoms with Crippen molar-refractivity contribution in [2.24, 2.45) is 0 Å². The van der Waals surface area contributed by atoms with Crippen molar-refractivity contribution >= 4 is 45.4 Å². The van der Waals surface area contributed by atoms with Crippen LogP contribution in [-0.4, -0.2) is 14.5 Å². The first-order valence-corrected chi connectivity index (χ1v) is 7.83. The van der Waals surface area contributed by atoms with Gasteiger partial charge in [-0.15, -0.1) is 11.6 Å². The van der Waals surface area contributed by atoms with Crippen molar-refractivity contribution in [2.45, 2.75) is 19.2 Å². The molecule has 0 bridgehead atoms. The monoisotopic (exact) mass is 397 g/mol. The van der Waals surface area contributed by atoms with E-state index in [4.69, 9.17) is 11.6 Å². The largest absolute Gasteiger partial charge is 0.279 e. The van der Waals surface area contributed by atoms with E-state index >= 15 is 0 Å². The van der Waals surface area contributed by atoms with Gasteiger partial charge in [0.1, 0.15) is 11.3 Å². The second-order valence-electron chi connectivity index (χ2n) is 4.76. The highest BCUT2D eigenvalue weighted by molar-refractivity contribution is 14.1. The molecule has 2 aromatic heterocycles. The number of nitrogens with zero attached hydrogens (tertiary/aromatic N) is 3. The lowest BCUT2D eigenvalue weighted by Crippen LogP contribution is -2.02. The van der Waals surface area contributed by atoms with Crippen molar-refractivity contribution in [1.29, 1.82) is 0 Å². The van der Waals surface area contributed by atoms with Crippen LogP contribution < -0.4 is 0 Å². The summed E-state index contributed by atoms with van der Waals surface area (Å²) in [6, 6.07) is 10.3. The second kappa shape index (κ2) is 5.33. The first kappa shape index (κ1) is 13.8. The Morgan fingerprint density at radius 2 is 2.10 bits per heavy atom. The van der Waals surface area contributed by atoms with E-state index < -0.39 is 0 Å². The Balaban J connectivity index is 2.34. The van der Waals surface area contributed by atoms with Crippen LogP contribution in [0.2, 0.25) is 0 Å². The molecule has 1 unspecified atom stereocenters. The van der Waals surface area contributed by atoms with Gasteiger partial charge in [0.15, 0.2) is 5.65 Å². The third kappa shape index (κ3) is 2.42. The van der Waals surface area contributed by atoms with Crippen molar-refractivity contribution < 1.29 is 0 Å². The normalized spacial score (nSPS) is 12.8. The van der Waals surface area contributed by atoms with Crippen LogP contribution in [0.4, 0.5) is 0 Å². The number of halogens is 2. The van der Waals surface area contributed by atoms with Crippen LogP contribution >= 0.6 is 34.2 Å². The Morgan fingerprint density at radius 1 is 1.30 bits per heavy atom. The number of aryl methyl sites for hydroxylation is 1. The molecular formula is C15H13ClIN3. The number of fused-ring (bicyclic) bond motifs is 1. The van der Waals surface area contributed by atoms with Gasteiger partial charge in [-0.05, 0) is 66.3 Å². The van der Waals surface area contributed by atoms with Gasteiger partial charge in [-0.2, -0.15) is 0 Å². The minimum absolute atomic E-state index is 0.178. The summed E-state index contributed by atoms with van der Waals surface area (Å²) in [4.78, 5) is 9.17. The Bertz CT molecular complexity index is 780. The summed E-state index contributed by atoms with van der Waals surface area (Å²) < 4.78 is 3.21. The molecule has 0 radical (unpaired) electrons. The van der Waals surface area contributed by atoms with Crippen LogP contribution in [0.1, 0.15) is 23.7 Å². The number of pyridine rings is 1. The molecule has 102 valence electrons. The number of aromatic nitrogens is 3. The van der Waals surface area contributed by atoms with E-state index in [1.54, 1.807) is 0 Å². The van der Waals surface area contributed by atoms with Crippen molar-refractivity contribution in [3.8, 4) is 5.69 Å². The van der Waals surface area contributed by atoms with Gasteiger partial charge < -0.3 is 0 Å². The van der Waals surface area contributed by atoms with Crippen LogP contribution in [0, 0.1) is 10.5 Å². The minimum Gasteiger partial charge on any atom is -0.279 e. The molecule has 0 aliphatic heterocycles. The van der Waals surface area contributed by atoms with Gasteiger partial charge in [-0.1, -0.05) is 6.07 Å². The summed E-state index contributed by atoms with van der Waals surface area (Å²) in [5.41, 5.74) is 3.86. The topological polar surface area (TPSA) is 30.7 Å². The highest BCUT2D eigenvalue weighted by Gasteiger charge is 2.17. The quantitative estimate of drug-likeness (QED) is 0.466. The van der Waals surface area contributed by atoms with Crippen LogP contribution in [-0.2, 0) is 0 Å². The van der Waals surface area contributed by atoms with Gasteiger partial charge in [0, 0.05) is 15.5 Å². The second-order valence-corrected chi connectivity index (χ2v) is 6.66. The summed E-state index contributed by atoms with van der Waals surface area (Å²) in [6.45, 7) is 3.95. The fourth-order valence-electron chi connectivity index (χ4n) is 2.22. The number of rotatable bonds is 2. The first-order valence-electron chi connectivity index (χ1n) is 6.31. The fraction of sp³-hybridized carbons (Fsp3) is 0.200. The molecule has 3 aromatic rings. The van der Waals surface area contributed by atoms with Gasteiger partial charge in [0.05, 0.1) is 5.38 Å². The zero-order valence-corrected chi connectivity index (χ0v) is 14.1. The molecule has 0 N–H and O–H groups in total. The summed E-state index contributed by atoms with van der Waals surface area (Å²) in [6.07, 6.45) is 1.86. The zero-order chi connectivity index (χ0) is 14.3. The predicted octanol–water partition coefficient (Wildman–Crippen LogP) is 4.63. The number of hydrogen-bond donors (Lipinski definition) is 0. The van der Waals surface area contributed by atoms with Gasteiger partial charge in [0.2, 0.25) is 0 Å². The molecule has 0 aliphatic carbocycles. The molecule has 1 atom stereocenters. The molecular weight excluding hydrogens is 385 g/mol. The van der Waals surface area contributed by atoms with Crippen molar-refractivity contribution in [1.82, 2.24) is 14.5 Å². The molecule has 0 fully saturated rings. The van der Waals surface area contributed by atoms with Gasteiger partial charge in [-0.25, -0.2) is 9.97 Å². The number of hydrogen-bond acceptors (Lipinski definition) is 2. The highest BCUT2D eigenvalue weighted by Crippen LogP contribution is 2.28. The molecule has 20 heavy (non-hydrogen) atoms. The molecule has 0 amide bonds. The third-order valence-electron chi connectivity index (χ3n) is 3.08. The van der Waals surface area contributed by atoms with Crippen LogP contribution in [0.15, 0.2) is 36.5 Å². The van der Waals surface area contributed by atoms with Crippen LogP contribution in [0.5, 0.6) is 0 Å². The molecule has 1 aromatic carbocycles. The van der Waals surface area contributed by atoms with E-state index in [-0.39, 0.29) is 5.38 Å². The van der Waals surface area contributed by atoms with Gasteiger partial charge in [0.25, 0.3) is 0 Å². The Hall–Kier alpha value is -1.14. The lowest BCUT2D eigenvalue weighted by atomic mass is 10.3. The number of alkyl halides is 1. The Kier molecular flexibility index (Phi) is 3.69. The highest BCUT2D eigenvalue weighted by atomic mass is 127. The molecule has 3 nitrogen and oxygen atoms in total. The number of benzene rings is 1. The summed E-state index contributed by atoms with van der Waals surface area (Å²) in [7, 11) is 0. The fourth-order valence-corrected chi connectivity index (χ4v) is 2.89. The molecule has 2 heterocycles. The first-order chi connectivity index (χ1) is 9.56. The smallest absolute Gasteiger partial charge is 0.164 e. The average Bonchev–Trinajstić information content (AvgIpc) is 2.77. The van der Waals surface area contributed by atoms with E-state index in [9.17, 15) is 0 Å². The predicted molar refractivity (Wildman–Crippen MR) is 90.6 cm³/mol. The van der Waals surface area contributed by atoms with Crippen LogP contribution in [0.3, 0.4) is 0 Å². The Morgan fingerprint density at radius 3 is 2.80 bits per heavy atom. The van der Waals surface area contributed by atoms with Gasteiger partial charge >= 0.3 is 0 Å². The summed E-state index contributed by atoms with van der Waals surface area (Å²) in [5.74, 6) is 0.821. The average molecular weight is 398 g/mol. The van der Waals surface area contributed by atoms with E-state index in [0.29, 0.717) is 0 Å². The number of imidazole rings is 1. The molecule has 3 rings (SSSR count). The third-order valence-corrected chi connectivity index (χ3v) is 3.95. The summed E-state index contributed by atoms with van der Waals surface area (Å²) in [5, 5.41) is -0.178. The maximum absolute atomic E-state index is 6.30. The van der Waals surface area contributed by atoms with Crippen molar-refractivity contribution in [2.75, 3.05) is 0 Å². The molecule has 0 saturated heterocycles. The molecule has 0 spiro atoms. The SMILES string of the molecule is Cc1cnc2c(c1)nc(C(C)Cl)n2-c1cccc(I)c1. The van der Waals surface area contributed by atoms with Crippen LogP contribution in [0.25, 0.3) is 16.9 Å². The van der Waals surface area contributed by atoms with Gasteiger partial charge in [-0.3, -0.25) is 4.57 Å².